The summed E-state index contributed by atoms with van der Waals surface area (Å²) in [4.78, 5) is 15.5. The highest BCUT2D eigenvalue weighted by atomic mass is 16.1. The Kier molecular flexibility index (Phi) is 4.39. The molecule has 0 aromatic rings. The van der Waals surface area contributed by atoms with Crippen LogP contribution in [0.2, 0.25) is 0 Å². The molecule has 0 saturated carbocycles. The third-order valence-electron chi connectivity index (χ3n) is 2.54. The first-order valence-electron chi connectivity index (χ1n) is 5.09. The molecule has 1 aliphatic rings. The first-order chi connectivity index (χ1) is 6.75. The van der Waals surface area contributed by atoms with Crippen molar-refractivity contribution in [2.24, 2.45) is 4.99 Å². The van der Waals surface area contributed by atoms with Gasteiger partial charge in [0.1, 0.15) is 0 Å². The Bertz CT molecular complexity index is 281. The predicted molar refractivity (Wildman–Crippen MR) is 55.4 cm³/mol. The summed E-state index contributed by atoms with van der Waals surface area (Å²) in [6.07, 6.45) is 4.98. The Labute approximate surface area is 85.2 Å². The molecule has 1 aliphatic heterocycles. The number of hydrogen-bond donors (Lipinski definition) is 0. The van der Waals surface area contributed by atoms with Gasteiger partial charge in [-0.2, -0.15) is 0 Å². The van der Waals surface area contributed by atoms with Crippen LogP contribution in [0.1, 0.15) is 33.1 Å². The molecule has 1 unspecified atom stereocenters. The highest BCUT2D eigenvalue weighted by Crippen LogP contribution is 2.18. The van der Waals surface area contributed by atoms with Crippen LogP contribution in [0.3, 0.4) is 0 Å². The van der Waals surface area contributed by atoms with Gasteiger partial charge >= 0.3 is 0 Å². The van der Waals surface area contributed by atoms with Crippen molar-refractivity contribution in [3.05, 3.63) is 0 Å². The van der Waals surface area contributed by atoms with E-state index in [9.17, 15) is 4.79 Å². The second-order valence-electron chi connectivity index (χ2n) is 3.80. The van der Waals surface area contributed by atoms with Crippen molar-refractivity contribution in [3.63, 3.8) is 0 Å². The molecule has 76 valence electrons. The first-order valence-corrected chi connectivity index (χ1v) is 5.09. The minimum absolute atomic E-state index is 0.265. The fraction of sp³-hybridized carbons (Fsp3) is 0.727. The number of likely N-dealkylation sites (tertiary alicyclic amines) is 1. The molecule has 3 nitrogen and oxygen atoms in total. The maximum atomic E-state index is 9.85. The molecule has 1 fully saturated rings. The average Bonchev–Trinajstić information content (AvgIpc) is 2.19. The van der Waals surface area contributed by atoms with Crippen LogP contribution in [0.25, 0.3) is 0 Å². The summed E-state index contributed by atoms with van der Waals surface area (Å²) in [6.45, 7) is 5.44. The van der Waals surface area contributed by atoms with Crippen LogP contribution >= 0.6 is 0 Å². The molecule has 0 spiro atoms. The number of carbonyl (C=O) groups excluding carboxylic acids is 1. The Balaban J connectivity index is 2.64. The minimum atomic E-state index is 0.265. The van der Waals surface area contributed by atoms with E-state index in [1.165, 1.54) is 18.9 Å². The summed E-state index contributed by atoms with van der Waals surface area (Å²) in [5, 5.41) is 0. The molecule has 0 amide bonds. The van der Waals surface area contributed by atoms with Gasteiger partial charge in [-0.1, -0.05) is 5.92 Å². The van der Waals surface area contributed by atoms with Gasteiger partial charge in [0, 0.05) is 12.1 Å². The third kappa shape index (κ3) is 2.99. The Morgan fingerprint density at radius 3 is 2.86 bits per heavy atom. The van der Waals surface area contributed by atoms with Crippen molar-refractivity contribution in [1.29, 1.82) is 0 Å². The molecule has 0 bridgehead atoms. The highest BCUT2D eigenvalue weighted by molar-refractivity contribution is 5.36. The standard InChI is InChI=1S/C11H16N2O/c1-10(2)13-8-4-3-5-11(13)6-7-12-9-14/h10-11H,3-5,8H2,1-2H3. The quantitative estimate of drug-likeness (QED) is 0.359. The van der Waals surface area contributed by atoms with E-state index >= 15 is 0 Å². The number of aliphatic imine (C=N–C) groups is 1. The van der Waals surface area contributed by atoms with Gasteiger partial charge < -0.3 is 0 Å². The minimum Gasteiger partial charge on any atom is -0.287 e. The van der Waals surface area contributed by atoms with Gasteiger partial charge in [0.25, 0.3) is 0 Å². The molecule has 1 atom stereocenters. The first kappa shape index (κ1) is 11.0. The lowest BCUT2D eigenvalue weighted by molar-refractivity contribution is 0.146. The molecule has 0 radical (unpaired) electrons. The summed E-state index contributed by atoms with van der Waals surface area (Å²) >= 11 is 0. The van der Waals surface area contributed by atoms with Gasteiger partial charge in [0.15, 0.2) is 0 Å². The fourth-order valence-electron chi connectivity index (χ4n) is 1.86. The molecular weight excluding hydrogens is 176 g/mol. The van der Waals surface area contributed by atoms with Crippen LogP contribution in [0.5, 0.6) is 0 Å². The molecule has 0 aliphatic carbocycles. The van der Waals surface area contributed by atoms with Gasteiger partial charge in [0.05, 0.1) is 6.04 Å². The summed E-state index contributed by atoms with van der Waals surface area (Å²) < 4.78 is 0. The van der Waals surface area contributed by atoms with Gasteiger partial charge in [-0.3, -0.25) is 4.90 Å². The van der Waals surface area contributed by atoms with E-state index in [0.717, 1.165) is 13.0 Å². The summed E-state index contributed by atoms with van der Waals surface area (Å²) in [5.41, 5.74) is 0. The van der Waals surface area contributed by atoms with Crippen LogP contribution in [0.15, 0.2) is 4.99 Å². The van der Waals surface area contributed by atoms with Crippen molar-refractivity contribution in [2.45, 2.75) is 45.2 Å². The summed E-state index contributed by atoms with van der Waals surface area (Å²) in [5.74, 6) is 3.00. The monoisotopic (exact) mass is 192 g/mol. The molecule has 14 heavy (non-hydrogen) atoms. The van der Waals surface area contributed by atoms with E-state index < -0.39 is 0 Å². The van der Waals surface area contributed by atoms with Gasteiger partial charge in [-0.05, 0) is 39.7 Å². The van der Waals surface area contributed by atoms with Crippen molar-refractivity contribution in [2.75, 3.05) is 6.54 Å². The lowest BCUT2D eigenvalue weighted by Crippen LogP contribution is -2.43. The van der Waals surface area contributed by atoms with E-state index in [2.05, 4.69) is 35.7 Å². The topological polar surface area (TPSA) is 32.7 Å². The second kappa shape index (κ2) is 5.59. The summed E-state index contributed by atoms with van der Waals surface area (Å²) in [6, 6.07) is 3.27. The van der Waals surface area contributed by atoms with Crippen LogP contribution in [0.4, 0.5) is 0 Å². The largest absolute Gasteiger partial charge is 0.287 e. The lowest BCUT2D eigenvalue weighted by atomic mass is 10.0. The SMILES string of the molecule is CC(C)N1CCCCC1C#CN=C=O. The van der Waals surface area contributed by atoms with E-state index in [1.54, 1.807) is 0 Å². The van der Waals surface area contributed by atoms with E-state index in [4.69, 9.17) is 0 Å². The fourth-order valence-corrected chi connectivity index (χ4v) is 1.86. The molecule has 1 heterocycles. The third-order valence-corrected chi connectivity index (χ3v) is 2.54. The predicted octanol–water partition coefficient (Wildman–Crippen LogP) is 1.55. The number of nitrogens with zero attached hydrogens (tertiary/aromatic N) is 2. The van der Waals surface area contributed by atoms with Crippen LogP contribution in [0, 0.1) is 12.0 Å². The molecular formula is C11H16N2O. The second-order valence-corrected chi connectivity index (χ2v) is 3.80. The van der Waals surface area contributed by atoms with Crippen molar-refractivity contribution < 1.29 is 4.79 Å². The van der Waals surface area contributed by atoms with E-state index in [1.807, 2.05) is 0 Å². The number of rotatable bonds is 1. The molecule has 0 aromatic heterocycles. The molecule has 1 rings (SSSR count). The molecule has 3 heteroatoms. The van der Waals surface area contributed by atoms with Crippen molar-refractivity contribution in [3.8, 4) is 12.0 Å². The smallest absolute Gasteiger partial charge is 0.249 e. The van der Waals surface area contributed by atoms with E-state index in [-0.39, 0.29) is 6.04 Å². The van der Waals surface area contributed by atoms with Crippen LogP contribution in [-0.2, 0) is 4.79 Å². The molecule has 0 N–H and O–H groups in total. The van der Waals surface area contributed by atoms with Gasteiger partial charge in [0.2, 0.25) is 6.08 Å². The number of hydrogen-bond acceptors (Lipinski definition) is 3. The molecule has 0 aromatic carbocycles. The van der Waals surface area contributed by atoms with Crippen molar-refractivity contribution >= 4 is 6.08 Å². The number of piperidine rings is 1. The summed E-state index contributed by atoms with van der Waals surface area (Å²) in [7, 11) is 0. The average molecular weight is 192 g/mol. The lowest BCUT2D eigenvalue weighted by Gasteiger charge is -2.35. The van der Waals surface area contributed by atoms with Crippen LogP contribution < -0.4 is 0 Å². The van der Waals surface area contributed by atoms with Crippen molar-refractivity contribution in [1.82, 2.24) is 4.90 Å². The van der Waals surface area contributed by atoms with Gasteiger partial charge in [-0.15, -0.1) is 4.99 Å². The van der Waals surface area contributed by atoms with E-state index in [0.29, 0.717) is 6.04 Å². The Morgan fingerprint density at radius 2 is 2.21 bits per heavy atom. The normalized spacial score (nSPS) is 22.4. The maximum Gasteiger partial charge on any atom is 0.249 e. The zero-order valence-corrected chi connectivity index (χ0v) is 8.79. The van der Waals surface area contributed by atoms with Gasteiger partial charge in [-0.25, -0.2) is 4.79 Å². The Morgan fingerprint density at radius 1 is 1.43 bits per heavy atom. The zero-order valence-electron chi connectivity index (χ0n) is 8.79. The number of isocyanates is 1. The maximum absolute atomic E-state index is 9.85. The zero-order chi connectivity index (χ0) is 10.4. The Hall–Kier alpha value is -1.10. The highest BCUT2D eigenvalue weighted by Gasteiger charge is 2.22. The van der Waals surface area contributed by atoms with Crippen LogP contribution in [-0.4, -0.2) is 29.6 Å². The molecule has 1 saturated heterocycles.